The predicted octanol–water partition coefficient (Wildman–Crippen LogP) is 0.779. The SMILES string of the molecule is CCC(C)NC(=O)CN1CCN(S(=O)(=O)c2ccccc2C#N)CC1. The Bertz CT molecular complexity index is 749. The van der Waals surface area contributed by atoms with Crippen LogP contribution in [-0.4, -0.2) is 62.3 Å². The maximum Gasteiger partial charge on any atom is 0.244 e. The highest BCUT2D eigenvalue weighted by Crippen LogP contribution is 2.20. The Labute approximate surface area is 149 Å². The van der Waals surface area contributed by atoms with Gasteiger partial charge in [0.1, 0.15) is 6.07 Å². The summed E-state index contributed by atoms with van der Waals surface area (Å²) in [5.41, 5.74) is 0.151. The van der Waals surface area contributed by atoms with Gasteiger partial charge in [0.05, 0.1) is 17.0 Å². The van der Waals surface area contributed by atoms with Crippen LogP contribution in [0, 0.1) is 11.3 Å². The van der Waals surface area contributed by atoms with Gasteiger partial charge in [-0.05, 0) is 25.5 Å². The molecule has 1 unspecified atom stereocenters. The van der Waals surface area contributed by atoms with Gasteiger partial charge in [0.2, 0.25) is 15.9 Å². The largest absolute Gasteiger partial charge is 0.353 e. The van der Waals surface area contributed by atoms with Gasteiger partial charge in [0.15, 0.2) is 0 Å². The molecule has 136 valence electrons. The van der Waals surface area contributed by atoms with Crippen LogP contribution in [0.3, 0.4) is 0 Å². The summed E-state index contributed by atoms with van der Waals surface area (Å²) < 4.78 is 26.9. The molecule has 0 radical (unpaired) electrons. The lowest BCUT2D eigenvalue weighted by Gasteiger charge is -2.33. The van der Waals surface area contributed by atoms with Crippen LogP contribution in [0.2, 0.25) is 0 Å². The average Bonchev–Trinajstić information content (AvgIpc) is 2.61. The third kappa shape index (κ3) is 4.78. The van der Waals surface area contributed by atoms with Crippen LogP contribution >= 0.6 is 0 Å². The number of nitriles is 1. The summed E-state index contributed by atoms with van der Waals surface area (Å²) in [6, 6.07) is 8.29. The molecule has 1 heterocycles. The van der Waals surface area contributed by atoms with Gasteiger partial charge in [-0.1, -0.05) is 19.1 Å². The zero-order chi connectivity index (χ0) is 18.4. The van der Waals surface area contributed by atoms with E-state index < -0.39 is 10.0 Å². The summed E-state index contributed by atoms with van der Waals surface area (Å²) in [5, 5.41) is 12.0. The molecule has 1 saturated heterocycles. The molecule has 0 aliphatic carbocycles. The van der Waals surface area contributed by atoms with E-state index in [0.717, 1.165) is 6.42 Å². The molecule has 0 bridgehead atoms. The van der Waals surface area contributed by atoms with Gasteiger partial charge in [-0.3, -0.25) is 9.69 Å². The van der Waals surface area contributed by atoms with Crippen LogP contribution < -0.4 is 5.32 Å². The second-order valence-corrected chi connectivity index (χ2v) is 8.07. The number of hydrogen-bond donors (Lipinski definition) is 1. The molecule has 1 N–H and O–H groups in total. The third-order valence-corrected chi connectivity index (χ3v) is 6.30. The van der Waals surface area contributed by atoms with Crippen molar-refractivity contribution in [2.24, 2.45) is 0 Å². The number of piperazine rings is 1. The van der Waals surface area contributed by atoms with E-state index in [1.165, 1.54) is 16.4 Å². The maximum atomic E-state index is 12.8. The minimum atomic E-state index is -3.70. The van der Waals surface area contributed by atoms with E-state index in [2.05, 4.69) is 5.32 Å². The Morgan fingerprint density at radius 2 is 1.92 bits per heavy atom. The Kier molecular flexibility index (Phi) is 6.53. The zero-order valence-corrected chi connectivity index (χ0v) is 15.4. The standard InChI is InChI=1S/C17H24N4O3S/c1-3-14(2)19-17(22)13-20-8-10-21(11-9-20)25(23,24)16-7-5-4-6-15(16)12-18/h4-7,14H,3,8-11,13H2,1-2H3,(H,19,22). The Balaban J connectivity index is 1.98. The summed E-state index contributed by atoms with van der Waals surface area (Å²) in [6.07, 6.45) is 0.871. The van der Waals surface area contributed by atoms with Crippen molar-refractivity contribution in [1.29, 1.82) is 5.26 Å². The summed E-state index contributed by atoms with van der Waals surface area (Å²) in [6.45, 7) is 5.82. The Morgan fingerprint density at radius 1 is 1.28 bits per heavy atom. The van der Waals surface area contributed by atoms with Crippen molar-refractivity contribution >= 4 is 15.9 Å². The maximum absolute atomic E-state index is 12.8. The van der Waals surface area contributed by atoms with Crippen LogP contribution in [0.15, 0.2) is 29.2 Å². The zero-order valence-electron chi connectivity index (χ0n) is 14.6. The number of nitrogens with one attached hydrogen (secondary N) is 1. The smallest absolute Gasteiger partial charge is 0.244 e. The van der Waals surface area contributed by atoms with Crippen molar-refractivity contribution in [3.63, 3.8) is 0 Å². The molecule has 7 nitrogen and oxygen atoms in total. The molecule has 0 aromatic heterocycles. The highest BCUT2D eigenvalue weighted by Gasteiger charge is 2.30. The number of sulfonamides is 1. The lowest BCUT2D eigenvalue weighted by molar-refractivity contribution is -0.123. The van der Waals surface area contributed by atoms with E-state index >= 15 is 0 Å². The second kappa shape index (κ2) is 8.43. The molecule has 1 atom stereocenters. The minimum absolute atomic E-state index is 0.0412. The molecule has 2 rings (SSSR count). The minimum Gasteiger partial charge on any atom is -0.353 e. The number of nitrogens with zero attached hydrogens (tertiary/aromatic N) is 3. The van der Waals surface area contributed by atoms with Crippen LogP contribution in [0.25, 0.3) is 0 Å². The van der Waals surface area contributed by atoms with Crippen LogP contribution in [-0.2, 0) is 14.8 Å². The quantitative estimate of drug-likeness (QED) is 0.805. The first-order chi connectivity index (χ1) is 11.9. The molecule has 1 aliphatic heterocycles. The molecule has 1 aliphatic rings. The van der Waals surface area contributed by atoms with E-state index in [1.54, 1.807) is 12.1 Å². The molecule has 8 heteroatoms. The van der Waals surface area contributed by atoms with Crippen molar-refractivity contribution < 1.29 is 13.2 Å². The number of carbonyl (C=O) groups excluding carboxylic acids is 1. The first kappa shape index (κ1) is 19.4. The van der Waals surface area contributed by atoms with E-state index in [9.17, 15) is 13.2 Å². The molecular formula is C17H24N4O3S. The molecule has 1 aromatic rings. The number of rotatable bonds is 6. The van der Waals surface area contributed by atoms with Gasteiger partial charge in [-0.15, -0.1) is 0 Å². The van der Waals surface area contributed by atoms with E-state index in [1.807, 2.05) is 24.8 Å². The summed E-state index contributed by atoms with van der Waals surface area (Å²) in [4.78, 5) is 13.9. The lowest BCUT2D eigenvalue weighted by Crippen LogP contribution is -2.51. The second-order valence-electron chi connectivity index (χ2n) is 6.17. The van der Waals surface area contributed by atoms with Gasteiger partial charge >= 0.3 is 0 Å². The molecule has 0 spiro atoms. The monoisotopic (exact) mass is 364 g/mol. The lowest BCUT2D eigenvalue weighted by atomic mass is 10.2. The van der Waals surface area contributed by atoms with Gasteiger partial charge in [-0.2, -0.15) is 9.57 Å². The Morgan fingerprint density at radius 3 is 2.52 bits per heavy atom. The highest BCUT2D eigenvalue weighted by molar-refractivity contribution is 7.89. The van der Waals surface area contributed by atoms with Gasteiger partial charge < -0.3 is 5.32 Å². The van der Waals surface area contributed by atoms with Crippen LogP contribution in [0.5, 0.6) is 0 Å². The fourth-order valence-electron chi connectivity index (χ4n) is 2.68. The van der Waals surface area contributed by atoms with Gasteiger partial charge in [-0.25, -0.2) is 8.42 Å². The van der Waals surface area contributed by atoms with Crippen LogP contribution in [0.1, 0.15) is 25.8 Å². The summed E-state index contributed by atoms with van der Waals surface area (Å²) >= 11 is 0. The fraction of sp³-hybridized carbons (Fsp3) is 0.529. The number of amides is 1. The molecule has 1 aromatic carbocycles. The van der Waals surface area contributed by atoms with Crippen molar-refractivity contribution in [3.8, 4) is 6.07 Å². The molecule has 25 heavy (non-hydrogen) atoms. The Hall–Kier alpha value is -1.95. The van der Waals surface area contributed by atoms with Crippen molar-refractivity contribution in [2.45, 2.75) is 31.2 Å². The number of benzene rings is 1. The molecular weight excluding hydrogens is 340 g/mol. The van der Waals surface area contributed by atoms with Crippen molar-refractivity contribution in [1.82, 2.24) is 14.5 Å². The normalized spacial score (nSPS) is 17.6. The van der Waals surface area contributed by atoms with Gasteiger partial charge in [0, 0.05) is 32.2 Å². The van der Waals surface area contributed by atoms with E-state index in [-0.39, 0.29) is 29.0 Å². The van der Waals surface area contributed by atoms with Crippen molar-refractivity contribution in [3.05, 3.63) is 29.8 Å². The predicted molar refractivity (Wildman–Crippen MR) is 94.3 cm³/mol. The first-order valence-electron chi connectivity index (χ1n) is 8.39. The third-order valence-electron chi connectivity index (χ3n) is 4.34. The molecule has 1 fully saturated rings. The van der Waals surface area contributed by atoms with Crippen molar-refractivity contribution in [2.75, 3.05) is 32.7 Å². The van der Waals surface area contributed by atoms with Crippen LogP contribution in [0.4, 0.5) is 0 Å². The van der Waals surface area contributed by atoms with E-state index in [0.29, 0.717) is 26.2 Å². The van der Waals surface area contributed by atoms with E-state index in [4.69, 9.17) is 5.26 Å². The number of hydrogen-bond acceptors (Lipinski definition) is 5. The molecule has 0 saturated carbocycles. The first-order valence-corrected chi connectivity index (χ1v) is 9.83. The fourth-order valence-corrected chi connectivity index (χ4v) is 4.24. The average molecular weight is 364 g/mol. The highest BCUT2D eigenvalue weighted by atomic mass is 32.2. The summed E-state index contributed by atoms with van der Waals surface area (Å²) in [5.74, 6) is -0.0412. The summed E-state index contributed by atoms with van der Waals surface area (Å²) in [7, 11) is -3.70. The van der Waals surface area contributed by atoms with Gasteiger partial charge in [0.25, 0.3) is 0 Å². The topological polar surface area (TPSA) is 93.5 Å². The molecule has 1 amide bonds. The number of carbonyl (C=O) groups is 1.